The first-order chi connectivity index (χ1) is 12.6. The van der Waals surface area contributed by atoms with Crippen molar-refractivity contribution in [1.29, 1.82) is 0 Å². The molecule has 1 aromatic carbocycles. The normalized spacial score (nSPS) is 12.4. The minimum Gasteiger partial charge on any atom is -0.354 e. The van der Waals surface area contributed by atoms with E-state index < -0.39 is 15.6 Å². The monoisotopic (exact) mass is 520 g/mol. The standard InChI is InChI=1S/C18H28N6O2S.HI/c1-18(2,22-27(5,25)26)14-20-17(19-3)23(4)12-15-11-21-24(13-15)16-9-7-6-8-10-16;/h6-11,13,22H,12,14H2,1-5H3,(H,19,20);1H. The number of aliphatic imine (C=N–C) groups is 1. The van der Waals surface area contributed by atoms with E-state index in [-0.39, 0.29) is 24.0 Å². The number of para-hydroxylation sites is 1. The van der Waals surface area contributed by atoms with Crippen LogP contribution in [0.4, 0.5) is 0 Å². The molecule has 2 rings (SSSR count). The number of halogens is 1. The minimum atomic E-state index is -3.28. The maximum absolute atomic E-state index is 11.5. The molecule has 10 heteroatoms. The summed E-state index contributed by atoms with van der Waals surface area (Å²) in [6.45, 7) is 4.66. The fourth-order valence-electron chi connectivity index (χ4n) is 2.74. The molecule has 0 aliphatic heterocycles. The van der Waals surface area contributed by atoms with Gasteiger partial charge >= 0.3 is 0 Å². The average Bonchev–Trinajstić information content (AvgIpc) is 3.02. The van der Waals surface area contributed by atoms with Crippen molar-refractivity contribution in [3.8, 4) is 5.69 Å². The average molecular weight is 520 g/mol. The molecule has 0 amide bonds. The summed E-state index contributed by atoms with van der Waals surface area (Å²) in [5, 5.41) is 7.62. The van der Waals surface area contributed by atoms with Crippen LogP contribution in [0.2, 0.25) is 0 Å². The van der Waals surface area contributed by atoms with Gasteiger partial charge in [-0.2, -0.15) is 5.10 Å². The zero-order valence-electron chi connectivity index (χ0n) is 16.9. The largest absolute Gasteiger partial charge is 0.354 e. The molecule has 0 fully saturated rings. The molecule has 0 spiro atoms. The second-order valence-corrected chi connectivity index (χ2v) is 8.89. The molecule has 28 heavy (non-hydrogen) atoms. The van der Waals surface area contributed by atoms with Crippen LogP contribution in [0.15, 0.2) is 47.7 Å². The Morgan fingerprint density at radius 3 is 2.50 bits per heavy atom. The van der Waals surface area contributed by atoms with E-state index in [1.807, 2.05) is 73.2 Å². The summed E-state index contributed by atoms with van der Waals surface area (Å²) < 4.78 is 27.4. The van der Waals surface area contributed by atoms with Crippen LogP contribution in [0.25, 0.3) is 5.69 Å². The molecule has 1 heterocycles. The van der Waals surface area contributed by atoms with Gasteiger partial charge in [-0.1, -0.05) is 18.2 Å². The summed E-state index contributed by atoms with van der Waals surface area (Å²) >= 11 is 0. The van der Waals surface area contributed by atoms with Crippen molar-refractivity contribution in [2.75, 3.05) is 26.9 Å². The predicted octanol–water partition coefficient (Wildman–Crippen LogP) is 1.83. The zero-order valence-corrected chi connectivity index (χ0v) is 20.0. The molecule has 2 aromatic rings. The second kappa shape index (κ2) is 10.2. The van der Waals surface area contributed by atoms with Crippen molar-refractivity contribution >= 4 is 40.0 Å². The van der Waals surface area contributed by atoms with Gasteiger partial charge in [0.25, 0.3) is 0 Å². The molecular weight excluding hydrogens is 491 g/mol. The van der Waals surface area contributed by atoms with E-state index >= 15 is 0 Å². The van der Waals surface area contributed by atoms with Gasteiger partial charge < -0.3 is 10.2 Å². The lowest BCUT2D eigenvalue weighted by molar-refractivity contribution is 0.422. The number of hydrogen-bond donors (Lipinski definition) is 2. The molecular formula is C18H29IN6O2S. The Balaban J connectivity index is 0.00000392. The molecule has 0 saturated heterocycles. The highest BCUT2D eigenvalue weighted by Gasteiger charge is 2.23. The Morgan fingerprint density at radius 2 is 1.93 bits per heavy atom. The lowest BCUT2D eigenvalue weighted by Crippen LogP contribution is -2.53. The third-order valence-electron chi connectivity index (χ3n) is 3.80. The Bertz CT molecular complexity index is 880. The molecule has 0 unspecified atom stereocenters. The van der Waals surface area contributed by atoms with Crippen molar-refractivity contribution < 1.29 is 8.42 Å². The fourth-order valence-corrected chi connectivity index (χ4v) is 3.81. The highest BCUT2D eigenvalue weighted by Crippen LogP contribution is 2.09. The Hall–Kier alpha value is -1.66. The van der Waals surface area contributed by atoms with Gasteiger partial charge in [-0.3, -0.25) is 4.99 Å². The Kier molecular flexibility index (Phi) is 8.89. The van der Waals surface area contributed by atoms with Gasteiger partial charge in [0.2, 0.25) is 10.0 Å². The molecule has 0 radical (unpaired) electrons. The van der Waals surface area contributed by atoms with Crippen LogP contribution in [0, 0.1) is 0 Å². The first-order valence-corrected chi connectivity index (χ1v) is 10.5. The molecule has 8 nitrogen and oxygen atoms in total. The van der Waals surface area contributed by atoms with Crippen molar-refractivity contribution in [3.05, 3.63) is 48.3 Å². The Labute approximate surface area is 184 Å². The number of nitrogens with zero attached hydrogens (tertiary/aromatic N) is 4. The van der Waals surface area contributed by atoms with Crippen LogP contribution >= 0.6 is 24.0 Å². The number of sulfonamides is 1. The van der Waals surface area contributed by atoms with Crippen molar-refractivity contribution in [2.24, 2.45) is 4.99 Å². The number of nitrogens with one attached hydrogen (secondary N) is 2. The highest BCUT2D eigenvalue weighted by atomic mass is 127. The number of guanidine groups is 1. The zero-order chi connectivity index (χ0) is 20.1. The second-order valence-electron chi connectivity index (χ2n) is 7.14. The molecule has 0 bridgehead atoms. The van der Waals surface area contributed by atoms with Crippen LogP contribution < -0.4 is 10.0 Å². The quantitative estimate of drug-likeness (QED) is 0.330. The van der Waals surface area contributed by atoms with Gasteiger partial charge in [-0.25, -0.2) is 17.8 Å². The molecule has 0 aliphatic rings. The van der Waals surface area contributed by atoms with E-state index in [4.69, 9.17) is 0 Å². The molecule has 0 atom stereocenters. The highest BCUT2D eigenvalue weighted by molar-refractivity contribution is 14.0. The van der Waals surface area contributed by atoms with Gasteiger partial charge in [0, 0.05) is 44.5 Å². The van der Waals surface area contributed by atoms with Crippen molar-refractivity contribution in [2.45, 2.75) is 25.9 Å². The molecule has 1 aromatic heterocycles. The summed E-state index contributed by atoms with van der Waals surface area (Å²) in [6.07, 6.45) is 4.96. The van der Waals surface area contributed by atoms with Crippen LogP contribution in [0.1, 0.15) is 19.4 Å². The molecule has 0 aliphatic carbocycles. The summed E-state index contributed by atoms with van der Waals surface area (Å²) in [4.78, 5) is 6.24. The van der Waals surface area contributed by atoms with E-state index in [9.17, 15) is 8.42 Å². The summed E-state index contributed by atoms with van der Waals surface area (Å²) in [6, 6.07) is 9.91. The maximum Gasteiger partial charge on any atom is 0.209 e. The summed E-state index contributed by atoms with van der Waals surface area (Å²) in [5.41, 5.74) is 1.41. The van der Waals surface area contributed by atoms with Crippen LogP contribution in [-0.4, -0.2) is 61.5 Å². The number of hydrogen-bond acceptors (Lipinski definition) is 4. The lowest BCUT2D eigenvalue weighted by atomic mass is 10.1. The molecule has 0 saturated carbocycles. The lowest BCUT2D eigenvalue weighted by Gasteiger charge is -2.28. The van der Waals surface area contributed by atoms with Crippen LogP contribution in [-0.2, 0) is 16.6 Å². The van der Waals surface area contributed by atoms with E-state index in [0.29, 0.717) is 19.0 Å². The van der Waals surface area contributed by atoms with E-state index in [0.717, 1.165) is 17.5 Å². The van der Waals surface area contributed by atoms with E-state index in [1.54, 1.807) is 7.05 Å². The van der Waals surface area contributed by atoms with Crippen molar-refractivity contribution in [1.82, 2.24) is 24.7 Å². The fraction of sp³-hybridized carbons (Fsp3) is 0.444. The van der Waals surface area contributed by atoms with Gasteiger partial charge in [-0.15, -0.1) is 24.0 Å². The SMILES string of the molecule is CN=C(NCC(C)(C)NS(C)(=O)=O)N(C)Cc1cnn(-c2ccccc2)c1.I. The molecule has 2 N–H and O–H groups in total. The van der Waals surface area contributed by atoms with Gasteiger partial charge in [0.1, 0.15) is 0 Å². The van der Waals surface area contributed by atoms with Crippen LogP contribution in [0.5, 0.6) is 0 Å². The van der Waals surface area contributed by atoms with Gasteiger partial charge in [0.05, 0.1) is 18.1 Å². The predicted molar refractivity (Wildman–Crippen MR) is 124 cm³/mol. The third-order valence-corrected chi connectivity index (χ3v) is 4.72. The summed E-state index contributed by atoms with van der Waals surface area (Å²) in [7, 11) is 0.337. The third kappa shape index (κ3) is 7.76. The topological polar surface area (TPSA) is 91.6 Å². The first kappa shape index (κ1) is 24.4. The Morgan fingerprint density at radius 1 is 1.29 bits per heavy atom. The van der Waals surface area contributed by atoms with Crippen molar-refractivity contribution in [3.63, 3.8) is 0 Å². The number of rotatable bonds is 7. The first-order valence-electron chi connectivity index (χ1n) is 8.59. The number of aromatic nitrogens is 2. The van der Waals surface area contributed by atoms with E-state index in [2.05, 4.69) is 20.1 Å². The molecule has 156 valence electrons. The smallest absolute Gasteiger partial charge is 0.209 e. The number of benzene rings is 1. The van der Waals surface area contributed by atoms with Gasteiger partial charge in [0.15, 0.2) is 5.96 Å². The maximum atomic E-state index is 11.5. The van der Waals surface area contributed by atoms with E-state index in [1.165, 1.54) is 0 Å². The van der Waals surface area contributed by atoms with Crippen LogP contribution in [0.3, 0.4) is 0 Å². The minimum absolute atomic E-state index is 0. The summed E-state index contributed by atoms with van der Waals surface area (Å²) in [5.74, 6) is 0.672. The van der Waals surface area contributed by atoms with Gasteiger partial charge in [-0.05, 0) is 26.0 Å².